The van der Waals surface area contributed by atoms with Gasteiger partial charge in [-0.3, -0.25) is 4.68 Å². The lowest BCUT2D eigenvalue weighted by atomic mass is 10.0. The Bertz CT molecular complexity index is 627. The van der Waals surface area contributed by atoms with Crippen molar-refractivity contribution in [1.82, 2.24) is 15.1 Å². The van der Waals surface area contributed by atoms with Crippen molar-refractivity contribution in [3.8, 4) is 5.75 Å². The highest BCUT2D eigenvalue weighted by Crippen LogP contribution is 2.33. The van der Waals surface area contributed by atoms with Gasteiger partial charge in [-0.25, -0.2) is 0 Å². The van der Waals surface area contributed by atoms with E-state index in [4.69, 9.17) is 16.3 Å². The van der Waals surface area contributed by atoms with E-state index in [0.717, 1.165) is 25.6 Å². The second-order valence-corrected chi connectivity index (χ2v) is 6.60. The normalized spacial score (nSPS) is 12.7. The van der Waals surface area contributed by atoms with E-state index in [2.05, 4.69) is 52.9 Å². The van der Waals surface area contributed by atoms with Crippen molar-refractivity contribution in [2.45, 2.75) is 25.9 Å². The average molecular weight is 420 g/mol. The zero-order chi connectivity index (χ0) is 15.6. The Morgan fingerprint density at radius 2 is 2.10 bits per heavy atom. The van der Waals surface area contributed by atoms with Crippen LogP contribution in [0.3, 0.4) is 0 Å². The summed E-state index contributed by atoms with van der Waals surface area (Å²) in [6, 6.07) is 6.30. The van der Waals surface area contributed by atoms with Crippen LogP contribution in [0.4, 0.5) is 0 Å². The van der Waals surface area contributed by atoms with Crippen LogP contribution in [-0.4, -0.2) is 23.9 Å². The Hall–Kier alpha value is -0.790. The van der Waals surface area contributed by atoms with Crippen LogP contribution in [0, 0.1) is 3.57 Å². The van der Waals surface area contributed by atoms with Crippen molar-refractivity contribution in [3.05, 3.63) is 44.2 Å². The lowest BCUT2D eigenvalue weighted by Gasteiger charge is -2.22. The van der Waals surface area contributed by atoms with E-state index in [1.807, 2.05) is 23.9 Å². The second-order valence-electron chi connectivity index (χ2n) is 5.03. The third kappa shape index (κ3) is 3.35. The first-order chi connectivity index (χ1) is 9.99. The molecule has 2 aromatic rings. The molecule has 0 amide bonds. The van der Waals surface area contributed by atoms with Gasteiger partial charge >= 0.3 is 0 Å². The van der Waals surface area contributed by atoms with Crippen LogP contribution in [0.1, 0.15) is 37.2 Å². The monoisotopic (exact) mass is 419 g/mol. The van der Waals surface area contributed by atoms with Crippen molar-refractivity contribution in [2.75, 3.05) is 14.2 Å². The SMILES string of the molecule is CNC(c1ccc(I)c(Cl)c1)c1c(OC)cnn1C(C)C. The number of hydrogen-bond donors (Lipinski definition) is 1. The van der Waals surface area contributed by atoms with E-state index >= 15 is 0 Å². The van der Waals surface area contributed by atoms with E-state index in [1.165, 1.54) is 0 Å². The fourth-order valence-corrected chi connectivity index (χ4v) is 2.88. The third-order valence-electron chi connectivity index (χ3n) is 3.35. The molecule has 1 unspecified atom stereocenters. The summed E-state index contributed by atoms with van der Waals surface area (Å²) in [6.45, 7) is 4.20. The van der Waals surface area contributed by atoms with Gasteiger partial charge in [0.1, 0.15) is 5.69 Å². The zero-order valence-electron chi connectivity index (χ0n) is 12.5. The minimum Gasteiger partial charge on any atom is -0.493 e. The van der Waals surface area contributed by atoms with Gasteiger partial charge < -0.3 is 10.1 Å². The summed E-state index contributed by atoms with van der Waals surface area (Å²) in [7, 11) is 3.59. The average Bonchev–Trinajstić information content (AvgIpc) is 2.87. The van der Waals surface area contributed by atoms with Gasteiger partial charge in [-0.1, -0.05) is 17.7 Å². The first-order valence-electron chi connectivity index (χ1n) is 6.73. The fraction of sp³-hybridized carbons (Fsp3) is 0.400. The largest absolute Gasteiger partial charge is 0.493 e. The van der Waals surface area contributed by atoms with E-state index in [9.17, 15) is 0 Å². The molecule has 114 valence electrons. The van der Waals surface area contributed by atoms with Crippen molar-refractivity contribution >= 4 is 34.2 Å². The number of aromatic nitrogens is 2. The molecule has 0 bridgehead atoms. The number of nitrogens with zero attached hydrogens (tertiary/aromatic N) is 2. The Balaban J connectivity index is 2.55. The molecule has 1 N–H and O–H groups in total. The highest BCUT2D eigenvalue weighted by Gasteiger charge is 2.24. The molecule has 1 atom stereocenters. The molecule has 6 heteroatoms. The maximum atomic E-state index is 6.26. The van der Waals surface area contributed by atoms with Crippen LogP contribution < -0.4 is 10.1 Å². The number of methoxy groups -OCH3 is 1. The standard InChI is InChI=1S/C15H19ClIN3O/c1-9(2)20-15(13(21-4)8-19-20)14(18-3)10-5-6-12(17)11(16)7-10/h5-9,14,18H,1-4H3. The zero-order valence-corrected chi connectivity index (χ0v) is 15.4. The number of halogens is 2. The molecule has 21 heavy (non-hydrogen) atoms. The van der Waals surface area contributed by atoms with Crippen molar-refractivity contribution in [2.24, 2.45) is 0 Å². The van der Waals surface area contributed by atoms with E-state index in [-0.39, 0.29) is 12.1 Å². The molecule has 4 nitrogen and oxygen atoms in total. The molecule has 0 fully saturated rings. The van der Waals surface area contributed by atoms with Crippen LogP contribution in [0.25, 0.3) is 0 Å². The first kappa shape index (κ1) is 16.6. The van der Waals surface area contributed by atoms with Gasteiger partial charge in [0.15, 0.2) is 5.75 Å². The Morgan fingerprint density at radius 1 is 1.38 bits per heavy atom. The molecule has 1 aromatic carbocycles. The molecular weight excluding hydrogens is 401 g/mol. The molecule has 0 aliphatic rings. The molecule has 2 rings (SSSR count). The summed E-state index contributed by atoms with van der Waals surface area (Å²) in [5.41, 5.74) is 2.09. The number of ether oxygens (including phenoxy) is 1. The van der Waals surface area contributed by atoms with Gasteiger partial charge in [-0.05, 0) is 61.2 Å². The highest BCUT2D eigenvalue weighted by atomic mass is 127. The summed E-state index contributed by atoms with van der Waals surface area (Å²) in [4.78, 5) is 0. The minimum atomic E-state index is -0.0284. The molecule has 1 aromatic heterocycles. The quantitative estimate of drug-likeness (QED) is 0.744. The predicted octanol–water partition coefficient (Wildman–Crippen LogP) is 4.04. The Kier molecular flexibility index (Phi) is 5.51. The molecular formula is C15H19ClIN3O. The fourth-order valence-electron chi connectivity index (χ4n) is 2.35. The van der Waals surface area contributed by atoms with Gasteiger partial charge in [0.2, 0.25) is 0 Å². The maximum absolute atomic E-state index is 6.26. The predicted molar refractivity (Wildman–Crippen MR) is 94.2 cm³/mol. The number of hydrogen-bond acceptors (Lipinski definition) is 3. The Labute approximate surface area is 144 Å². The molecule has 0 spiro atoms. The van der Waals surface area contributed by atoms with Crippen molar-refractivity contribution < 1.29 is 4.74 Å². The van der Waals surface area contributed by atoms with Crippen LogP contribution in [-0.2, 0) is 0 Å². The summed E-state index contributed by atoms with van der Waals surface area (Å²) in [5.74, 6) is 0.776. The van der Waals surface area contributed by atoms with Crippen LogP contribution in [0.5, 0.6) is 5.75 Å². The van der Waals surface area contributed by atoms with Crippen molar-refractivity contribution in [1.29, 1.82) is 0 Å². The molecule has 0 aliphatic carbocycles. The molecule has 0 aliphatic heterocycles. The third-order valence-corrected chi connectivity index (χ3v) is 4.92. The van der Waals surface area contributed by atoms with Gasteiger partial charge in [0.05, 0.1) is 24.4 Å². The summed E-state index contributed by atoms with van der Waals surface area (Å²) >= 11 is 8.49. The first-order valence-corrected chi connectivity index (χ1v) is 8.18. The minimum absolute atomic E-state index is 0.0284. The topological polar surface area (TPSA) is 39.1 Å². The summed E-state index contributed by atoms with van der Waals surface area (Å²) < 4.78 is 8.49. The van der Waals surface area contributed by atoms with Gasteiger partial charge in [-0.15, -0.1) is 0 Å². The van der Waals surface area contributed by atoms with Gasteiger partial charge in [0.25, 0.3) is 0 Å². The van der Waals surface area contributed by atoms with Crippen LogP contribution in [0.2, 0.25) is 5.02 Å². The van der Waals surface area contributed by atoms with E-state index in [1.54, 1.807) is 13.3 Å². The molecule has 0 radical (unpaired) electrons. The highest BCUT2D eigenvalue weighted by molar-refractivity contribution is 14.1. The molecule has 1 heterocycles. The Morgan fingerprint density at radius 3 is 2.62 bits per heavy atom. The number of benzene rings is 1. The van der Waals surface area contributed by atoms with Gasteiger partial charge in [0, 0.05) is 9.61 Å². The maximum Gasteiger partial charge on any atom is 0.161 e. The molecule has 0 saturated carbocycles. The smallest absolute Gasteiger partial charge is 0.161 e. The van der Waals surface area contributed by atoms with Crippen LogP contribution in [0.15, 0.2) is 24.4 Å². The van der Waals surface area contributed by atoms with E-state index < -0.39 is 0 Å². The summed E-state index contributed by atoms with van der Waals surface area (Å²) in [5, 5.41) is 8.53. The van der Waals surface area contributed by atoms with Crippen molar-refractivity contribution in [3.63, 3.8) is 0 Å². The molecule has 0 saturated heterocycles. The number of rotatable bonds is 5. The second kappa shape index (κ2) is 6.98. The van der Waals surface area contributed by atoms with Crippen LogP contribution >= 0.6 is 34.2 Å². The lowest BCUT2D eigenvalue weighted by Crippen LogP contribution is -2.23. The van der Waals surface area contributed by atoms with Gasteiger partial charge in [-0.2, -0.15) is 5.10 Å². The summed E-state index contributed by atoms with van der Waals surface area (Å²) in [6.07, 6.45) is 1.76. The number of nitrogens with one attached hydrogen (secondary N) is 1. The van der Waals surface area contributed by atoms with E-state index in [0.29, 0.717) is 0 Å². The lowest BCUT2D eigenvalue weighted by molar-refractivity contribution is 0.396.